The highest BCUT2D eigenvalue weighted by atomic mass is 35.5. The topological polar surface area (TPSA) is 116 Å². The molecule has 2 amide bonds. The standard InChI is InChI=1S/C38H48ClN3O7S/c1-46-34-7-3-2-4-19-50(45,40-36(43)23-48-30-14-17-47-18-15-30)41-37(44)27-9-13-35-33(21-27)42(22-28-8-11-31(28)34)24-38(25-49-35)16-5-6-26-20-29(39)10-12-32(26)38/h3,7,9-10,12-13,20-21,28,30-31,34H,2,4-6,8,11,14-19,22-25H2,1H3,(H,40,41,43,44,45)/b7-3-/t28-,31+,34-,38-,50?/m0/s1. The number of allylic oxidation sites excluding steroid dienone is 1. The van der Waals surface area contributed by atoms with Gasteiger partial charge in [0.2, 0.25) is 0 Å². The second-order valence-electron chi connectivity index (χ2n) is 14.4. The number of carbonyl (C=O) groups excluding carboxylic acids is 2. The number of aryl methyl sites for hydroxylation is 1. The first kappa shape index (κ1) is 35.4. The number of benzene rings is 2. The zero-order chi connectivity index (χ0) is 34.7. The van der Waals surface area contributed by atoms with Gasteiger partial charge in [0.05, 0.1) is 30.3 Å². The summed E-state index contributed by atoms with van der Waals surface area (Å²) in [5.41, 5.74) is 3.42. The van der Waals surface area contributed by atoms with Gasteiger partial charge in [-0.15, -0.1) is 4.36 Å². The van der Waals surface area contributed by atoms with E-state index >= 15 is 0 Å². The van der Waals surface area contributed by atoms with Crippen LogP contribution in [-0.4, -0.2) is 80.6 Å². The van der Waals surface area contributed by atoms with Crippen LogP contribution in [0, 0.1) is 11.8 Å². The van der Waals surface area contributed by atoms with E-state index in [9.17, 15) is 13.8 Å². The molecule has 3 heterocycles. The highest BCUT2D eigenvalue weighted by Gasteiger charge is 2.44. The van der Waals surface area contributed by atoms with Gasteiger partial charge in [0.25, 0.3) is 11.8 Å². The normalized spacial score (nSPS) is 30.9. The molecule has 2 bridgehead atoms. The molecule has 1 unspecified atom stereocenters. The summed E-state index contributed by atoms with van der Waals surface area (Å²) in [6.07, 6.45) is 11.7. The number of nitrogens with one attached hydrogen (secondary N) is 1. The van der Waals surface area contributed by atoms with Crippen molar-refractivity contribution in [3.63, 3.8) is 0 Å². The van der Waals surface area contributed by atoms with Crippen LogP contribution in [0.2, 0.25) is 5.02 Å². The van der Waals surface area contributed by atoms with E-state index in [0.29, 0.717) is 68.7 Å². The number of methoxy groups -OCH3 is 1. The van der Waals surface area contributed by atoms with Gasteiger partial charge in [-0.3, -0.25) is 14.3 Å². The molecule has 5 aliphatic rings. The predicted octanol–water partition coefficient (Wildman–Crippen LogP) is 6.04. The Bertz CT molecular complexity index is 1740. The van der Waals surface area contributed by atoms with Gasteiger partial charge in [-0.05, 0) is 111 Å². The van der Waals surface area contributed by atoms with Crippen molar-refractivity contribution in [1.29, 1.82) is 0 Å². The summed E-state index contributed by atoms with van der Waals surface area (Å²) in [6.45, 7) is 2.92. The molecule has 2 aliphatic carbocycles. The van der Waals surface area contributed by atoms with Crippen molar-refractivity contribution < 1.29 is 32.7 Å². The minimum Gasteiger partial charge on any atom is -0.490 e. The van der Waals surface area contributed by atoms with E-state index in [0.717, 1.165) is 55.9 Å². The Morgan fingerprint density at radius 1 is 1.14 bits per heavy atom. The first-order valence-corrected chi connectivity index (χ1v) is 20.1. The number of hydrogen-bond acceptors (Lipinski definition) is 8. The molecule has 1 N–H and O–H groups in total. The third kappa shape index (κ3) is 7.77. The molecule has 1 saturated carbocycles. The molecule has 2 aromatic rings. The molecule has 3 aliphatic heterocycles. The monoisotopic (exact) mass is 725 g/mol. The van der Waals surface area contributed by atoms with E-state index in [-0.39, 0.29) is 30.0 Å². The fraction of sp³-hybridized carbons (Fsp3) is 0.579. The predicted molar refractivity (Wildman–Crippen MR) is 193 cm³/mol. The molecule has 2 aromatic carbocycles. The Kier molecular flexibility index (Phi) is 10.9. The highest BCUT2D eigenvalue weighted by Crippen LogP contribution is 2.47. The SMILES string of the molecule is CO[C@H]1/C=C\CCCS(=O)(NC(=O)COC2CCOCC2)=NC(=O)c2ccc3c(c2)N(C[C@@H]2CC[C@H]21)C[C@@]1(CCCc2cc(Cl)ccc21)CO3. The van der Waals surface area contributed by atoms with E-state index in [1.807, 2.05) is 18.2 Å². The summed E-state index contributed by atoms with van der Waals surface area (Å²) in [7, 11) is -1.68. The van der Waals surface area contributed by atoms with Crippen LogP contribution in [0.4, 0.5) is 5.69 Å². The molecule has 50 heavy (non-hydrogen) atoms. The number of halogens is 1. The number of nitrogens with zero attached hydrogens (tertiary/aromatic N) is 2. The molecular weight excluding hydrogens is 678 g/mol. The summed E-state index contributed by atoms with van der Waals surface area (Å²) in [6, 6.07) is 11.6. The zero-order valence-electron chi connectivity index (χ0n) is 28.8. The van der Waals surface area contributed by atoms with Gasteiger partial charge in [-0.1, -0.05) is 29.8 Å². The number of hydrogen-bond donors (Lipinski definition) is 1. The van der Waals surface area contributed by atoms with Crippen LogP contribution in [0.3, 0.4) is 0 Å². The van der Waals surface area contributed by atoms with Crippen molar-refractivity contribution in [3.05, 3.63) is 70.3 Å². The first-order chi connectivity index (χ1) is 24.2. The van der Waals surface area contributed by atoms with E-state index in [1.165, 1.54) is 11.1 Å². The van der Waals surface area contributed by atoms with Crippen LogP contribution < -0.4 is 14.4 Å². The first-order valence-electron chi connectivity index (χ1n) is 18.0. The number of amides is 2. The maximum atomic E-state index is 14.2. The van der Waals surface area contributed by atoms with E-state index in [2.05, 4.69) is 38.3 Å². The summed E-state index contributed by atoms with van der Waals surface area (Å²) in [5.74, 6) is 0.295. The Morgan fingerprint density at radius 3 is 2.80 bits per heavy atom. The Labute approximate surface area is 300 Å². The molecule has 1 spiro atoms. The van der Waals surface area contributed by atoms with Crippen molar-refractivity contribution in [2.45, 2.75) is 75.4 Å². The lowest BCUT2D eigenvalue weighted by Crippen LogP contribution is -2.49. The van der Waals surface area contributed by atoms with Crippen LogP contribution in [0.15, 0.2) is 52.9 Å². The summed E-state index contributed by atoms with van der Waals surface area (Å²) >= 11 is 6.45. The van der Waals surface area contributed by atoms with Gasteiger partial charge >= 0.3 is 0 Å². The fourth-order valence-electron chi connectivity index (χ4n) is 8.36. The van der Waals surface area contributed by atoms with Gasteiger partial charge in [0.15, 0.2) is 0 Å². The minimum atomic E-state index is -3.45. The Balaban J connectivity index is 1.22. The van der Waals surface area contributed by atoms with Crippen molar-refractivity contribution in [2.75, 3.05) is 57.3 Å². The van der Waals surface area contributed by atoms with E-state index < -0.39 is 21.7 Å². The number of ether oxygens (including phenoxy) is 4. The second kappa shape index (κ2) is 15.3. The molecule has 270 valence electrons. The smallest absolute Gasteiger partial charge is 0.286 e. The summed E-state index contributed by atoms with van der Waals surface area (Å²) in [4.78, 5) is 29.2. The van der Waals surface area contributed by atoms with Gasteiger partial charge in [-0.25, -0.2) is 4.21 Å². The number of rotatable bonds is 5. The minimum absolute atomic E-state index is 0.0297. The van der Waals surface area contributed by atoms with Crippen molar-refractivity contribution in [2.24, 2.45) is 16.2 Å². The molecule has 1 saturated heterocycles. The van der Waals surface area contributed by atoms with Crippen LogP contribution in [0.25, 0.3) is 0 Å². The fourth-order valence-corrected chi connectivity index (χ4v) is 10.1. The lowest BCUT2D eigenvalue weighted by atomic mass is 9.68. The van der Waals surface area contributed by atoms with Gasteiger partial charge in [-0.2, -0.15) is 0 Å². The quantitative estimate of drug-likeness (QED) is 0.371. The third-order valence-corrected chi connectivity index (χ3v) is 13.2. The van der Waals surface area contributed by atoms with Crippen LogP contribution in [0.1, 0.15) is 72.9 Å². The summed E-state index contributed by atoms with van der Waals surface area (Å²) < 4.78 is 44.8. The van der Waals surface area contributed by atoms with Crippen LogP contribution >= 0.6 is 11.6 Å². The number of carbonyl (C=O) groups is 2. The highest BCUT2D eigenvalue weighted by molar-refractivity contribution is 7.92. The van der Waals surface area contributed by atoms with Gasteiger partial charge < -0.3 is 23.8 Å². The third-order valence-electron chi connectivity index (χ3n) is 11.1. The van der Waals surface area contributed by atoms with Crippen molar-refractivity contribution >= 4 is 39.0 Å². The van der Waals surface area contributed by atoms with Crippen LogP contribution in [-0.2, 0) is 40.8 Å². The molecule has 2 fully saturated rings. The van der Waals surface area contributed by atoms with Crippen molar-refractivity contribution in [1.82, 2.24) is 4.72 Å². The maximum absolute atomic E-state index is 14.2. The summed E-state index contributed by atoms with van der Waals surface area (Å²) in [5, 5.41) is 0.742. The molecule has 5 atom stereocenters. The molecule has 10 nitrogen and oxygen atoms in total. The lowest BCUT2D eigenvalue weighted by Gasteiger charge is -2.46. The molecule has 0 aromatic heterocycles. The average molecular weight is 726 g/mol. The number of anilines is 1. The zero-order valence-corrected chi connectivity index (χ0v) is 30.4. The van der Waals surface area contributed by atoms with Gasteiger partial charge in [0.1, 0.15) is 22.3 Å². The second-order valence-corrected chi connectivity index (χ2v) is 17.0. The largest absolute Gasteiger partial charge is 0.490 e. The Hall–Kier alpha value is -2.96. The van der Waals surface area contributed by atoms with E-state index in [1.54, 1.807) is 13.2 Å². The number of fused-ring (bicyclic) bond motifs is 4. The molecule has 0 radical (unpaired) electrons. The molecule has 12 heteroatoms. The lowest BCUT2D eigenvalue weighted by molar-refractivity contribution is -0.128. The Morgan fingerprint density at radius 2 is 2.00 bits per heavy atom. The average Bonchev–Trinajstić information content (AvgIpc) is 3.25. The maximum Gasteiger partial charge on any atom is 0.286 e. The van der Waals surface area contributed by atoms with Crippen LogP contribution in [0.5, 0.6) is 5.75 Å². The molecule has 7 rings (SSSR count). The molecular formula is C38H48ClN3O7S. The van der Waals surface area contributed by atoms with E-state index in [4.69, 9.17) is 30.5 Å². The van der Waals surface area contributed by atoms with Gasteiger partial charge in [0, 0.05) is 49.4 Å². The van der Waals surface area contributed by atoms with Crippen molar-refractivity contribution in [3.8, 4) is 5.75 Å².